The summed E-state index contributed by atoms with van der Waals surface area (Å²) >= 11 is 0. The van der Waals surface area contributed by atoms with Gasteiger partial charge in [0.2, 0.25) is 0 Å². The molecule has 1 saturated heterocycles. The lowest BCUT2D eigenvalue weighted by Gasteiger charge is -2.46. The molecule has 2 rings (SSSR count). The van der Waals surface area contributed by atoms with Crippen LogP contribution in [-0.4, -0.2) is 31.3 Å². The zero-order valence-electron chi connectivity index (χ0n) is 14.7. The van der Waals surface area contributed by atoms with Gasteiger partial charge in [0.1, 0.15) is 11.5 Å². The van der Waals surface area contributed by atoms with E-state index in [0.29, 0.717) is 6.04 Å². The van der Waals surface area contributed by atoms with E-state index in [0.717, 1.165) is 36.4 Å². The van der Waals surface area contributed by atoms with Crippen LogP contribution in [-0.2, 0) is 6.54 Å². The van der Waals surface area contributed by atoms with Crippen molar-refractivity contribution in [1.82, 2.24) is 10.6 Å². The number of hydrogen-bond acceptors (Lipinski definition) is 4. The Morgan fingerprint density at radius 2 is 1.73 bits per heavy atom. The first-order valence-corrected chi connectivity index (χ1v) is 7.98. The maximum absolute atomic E-state index is 5.48. The number of piperidine rings is 1. The van der Waals surface area contributed by atoms with Gasteiger partial charge in [-0.05, 0) is 46.6 Å². The van der Waals surface area contributed by atoms with Gasteiger partial charge in [-0.25, -0.2) is 0 Å². The van der Waals surface area contributed by atoms with E-state index in [-0.39, 0.29) is 11.1 Å². The van der Waals surface area contributed by atoms with Crippen LogP contribution in [0.25, 0.3) is 0 Å². The average molecular weight is 306 g/mol. The van der Waals surface area contributed by atoms with Crippen LogP contribution in [0.3, 0.4) is 0 Å². The molecule has 4 nitrogen and oxygen atoms in total. The number of rotatable bonds is 5. The molecule has 1 heterocycles. The Kier molecular flexibility index (Phi) is 5.03. The summed E-state index contributed by atoms with van der Waals surface area (Å²) in [6, 6.07) is 6.49. The van der Waals surface area contributed by atoms with Gasteiger partial charge in [-0.3, -0.25) is 0 Å². The summed E-state index contributed by atoms with van der Waals surface area (Å²) in [5, 5.41) is 7.42. The first-order chi connectivity index (χ1) is 10.2. The van der Waals surface area contributed by atoms with Gasteiger partial charge in [-0.1, -0.05) is 6.07 Å². The number of nitrogens with one attached hydrogen (secondary N) is 2. The number of benzene rings is 1. The Hall–Kier alpha value is -1.26. The normalized spacial score (nSPS) is 20.6. The molecule has 0 amide bonds. The summed E-state index contributed by atoms with van der Waals surface area (Å²) in [7, 11) is 3.38. The highest BCUT2D eigenvalue weighted by molar-refractivity contribution is 5.40. The summed E-state index contributed by atoms with van der Waals surface area (Å²) in [6.45, 7) is 9.91. The van der Waals surface area contributed by atoms with Gasteiger partial charge in [0.05, 0.1) is 14.2 Å². The monoisotopic (exact) mass is 306 g/mol. The fraction of sp³-hybridized carbons (Fsp3) is 0.667. The highest BCUT2D eigenvalue weighted by atomic mass is 16.5. The van der Waals surface area contributed by atoms with Crippen molar-refractivity contribution in [2.75, 3.05) is 14.2 Å². The average Bonchev–Trinajstić information content (AvgIpc) is 2.41. The van der Waals surface area contributed by atoms with Gasteiger partial charge in [-0.15, -0.1) is 0 Å². The minimum Gasteiger partial charge on any atom is -0.497 e. The highest BCUT2D eigenvalue weighted by Crippen LogP contribution is 2.29. The Balaban J connectivity index is 2.03. The first-order valence-electron chi connectivity index (χ1n) is 7.98. The van der Waals surface area contributed by atoms with E-state index >= 15 is 0 Å². The van der Waals surface area contributed by atoms with Crippen LogP contribution >= 0.6 is 0 Å². The zero-order chi connectivity index (χ0) is 16.4. The van der Waals surface area contributed by atoms with Crippen LogP contribution in [0.5, 0.6) is 11.5 Å². The van der Waals surface area contributed by atoms with Gasteiger partial charge < -0.3 is 20.1 Å². The van der Waals surface area contributed by atoms with Crippen molar-refractivity contribution < 1.29 is 9.47 Å². The summed E-state index contributed by atoms with van der Waals surface area (Å²) < 4.78 is 10.7. The molecule has 0 aliphatic carbocycles. The van der Waals surface area contributed by atoms with Gasteiger partial charge in [-0.2, -0.15) is 0 Å². The topological polar surface area (TPSA) is 42.5 Å². The molecule has 0 bridgehead atoms. The maximum Gasteiger partial charge on any atom is 0.127 e. The van der Waals surface area contributed by atoms with Crippen LogP contribution in [0, 0.1) is 0 Å². The molecule has 22 heavy (non-hydrogen) atoms. The molecular formula is C18H30N2O2. The summed E-state index contributed by atoms with van der Waals surface area (Å²) in [5.74, 6) is 1.70. The summed E-state index contributed by atoms with van der Waals surface area (Å²) in [6.07, 6.45) is 2.24. The second kappa shape index (κ2) is 6.47. The molecule has 1 aromatic carbocycles. The molecular weight excluding hydrogens is 276 g/mol. The number of hydrogen-bond donors (Lipinski definition) is 2. The molecule has 0 atom stereocenters. The third-order valence-electron chi connectivity index (χ3n) is 4.27. The molecule has 0 aromatic heterocycles. The fourth-order valence-electron chi connectivity index (χ4n) is 3.72. The minimum atomic E-state index is 0.156. The molecule has 0 spiro atoms. The second-order valence-corrected chi connectivity index (χ2v) is 7.56. The lowest BCUT2D eigenvalue weighted by atomic mass is 9.79. The van der Waals surface area contributed by atoms with Crippen molar-refractivity contribution in [3.05, 3.63) is 23.8 Å². The smallest absolute Gasteiger partial charge is 0.127 e. The lowest BCUT2D eigenvalue weighted by Crippen LogP contribution is -2.61. The molecule has 0 saturated carbocycles. The Bertz CT molecular complexity index is 496. The summed E-state index contributed by atoms with van der Waals surface area (Å²) in [4.78, 5) is 0. The van der Waals surface area contributed by atoms with Crippen LogP contribution in [0.4, 0.5) is 0 Å². The predicted octanol–water partition coefficient (Wildman–Crippen LogP) is 3.10. The molecule has 1 aromatic rings. The maximum atomic E-state index is 5.48. The van der Waals surface area contributed by atoms with E-state index in [4.69, 9.17) is 9.47 Å². The molecule has 1 aliphatic rings. The van der Waals surface area contributed by atoms with Crippen molar-refractivity contribution in [3.8, 4) is 11.5 Å². The predicted molar refractivity (Wildman–Crippen MR) is 90.7 cm³/mol. The van der Waals surface area contributed by atoms with Crippen LogP contribution in [0.1, 0.15) is 46.1 Å². The van der Waals surface area contributed by atoms with Crippen molar-refractivity contribution in [1.29, 1.82) is 0 Å². The van der Waals surface area contributed by atoms with Crippen molar-refractivity contribution in [2.24, 2.45) is 0 Å². The lowest BCUT2D eigenvalue weighted by molar-refractivity contribution is 0.145. The summed E-state index contributed by atoms with van der Waals surface area (Å²) in [5.41, 5.74) is 1.48. The molecule has 0 unspecified atom stereocenters. The standard InChI is InChI=1S/C18H30N2O2/c1-17(2)10-14(11-18(3,4)20-17)19-12-13-7-8-15(21-5)9-16(13)22-6/h7-9,14,19-20H,10-12H2,1-6H3. The quantitative estimate of drug-likeness (QED) is 0.877. The van der Waals surface area contributed by atoms with E-state index < -0.39 is 0 Å². The van der Waals surface area contributed by atoms with E-state index in [1.54, 1.807) is 14.2 Å². The second-order valence-electron chi connectivity index (χ2n) is 7.56. The van der Waals surface area contributed by atoms with E-state index in [2.05, 4.69) is 44.4 Å². The highest BCUT2D eigenvalue weighted by Gasteiger charge is 2.37. The van der Waals surface area contributed by atoms with E-state index in [1.165, 1.54) is 0 Å². The molecule has 4 heteroatoms. The number of ether oxygens (including phenoxy) is 2. The van der Waals surface area contributed by atoms with Gasteiger partial charge in [0.25, 0.3) is 0 Å². The minimum absolute atomic E-state index is 0.156. The van der Waals surface area contributed by atoms with Crippen molar-refractivity contribution in [3.63, 3.8) is 0 Å². The third kappa shape index (κ3) is 4.37. The van der Waals surface area contributed by atoms with E-state index in [9.17, 15) is 0 Å². The first kappa shape index (κ1) is 17.1. The van der Waals surface area contributed by atoms with Gasteiger partial charge in [0.15, 0.2) is 0 Å². The molecule has 0 radical (unpaired) electrons. The van der Waals surface area contributed by atoms with E-state index in [1.807, 2.05) is 12.1 Å². The zero-order valence-corrected chi connectivity index (χ0v) is 14.7. The molecule has 2 N–H and O–H groups in total. The number of methoxy groups -OCH3 is 2. The molecule has 124 valence electrons. The Labute approximate surface area is 134 Å². The Morgan fingerprint density at radius 1 is 1.09 bits per heavy atom. The molecule has 1 fully saturated rings. The Morgan fingerprint density at radius 3 is 2.27 bits per heavy atom. The SMILES string of the molecule is COc1ccc(CNC2CC(C)(C)NC(C)(C)C2)c(OC)c1. The van der Waals surface area contributed by atoms with Crippen molar-refractivity contribution in [2.45, 2.75) is 64.2 Å². The van der Waals surface area contributed by atoms with Crippen LogP contribution in [0.2, 0.25) is 0 Å². The van der Waals surface area contributed by atoms with Crippen molar-refractivity contribution >= 4 is 0 Å². The van der Waals surface area contributed by atoms with Gasteiger partial charge in [0, 0.05) is 35.3 Å². The fourth-order valence-corrected chi connectivity index (χ4v) is 3.72. The van der Waals surface area contributed by atoms with Gasteiger partial charge >= 0.3 is 0 Å². The third-order valence-corrected chi connectivity index (χ3v) is 4.27. The van der Waals surface area contributed by atoms with Crippen LogP contribution < -0.4 is 20.1 Å². The van der Waals surface area contributed by atoms with Crippen LogP contribution in [0.15, 0.2) is 18.2 Å². The molecule has 1 aliphatic heterocycles. The largest absolute Gasteiger partial charge is 0.497 e.